The van der Waals surface area contributed by atoms with E-state index < -0.39 is 0 Å². The number of hydrogen-bond acceptors (Lipinski definition) is 4. The third-order valence-corrected chi connectivity index (χ3v) is 8.03. The zero-order valence-electron chi connectivity index (χ0n) is 18.2. The third kappa shape index (κ3) is 3.99. The number of fused-ring (bicyclic) bond motifs is 1. The van der Waals surface area contributed by atoms with E-state index in [1.807, 2.05) is 42.2 Å². The molecule has 1 aliphatic rings. The second kappa shape index (κ2) is 8.79. The van der Waals surface area contributed by atoms with Crippen molar-refractivity contribution in [2.45, 2.75) is 45.6 Å². The van der Waals surface area contributed by atoms with Gasteiger partial charge in [0, 0.05) is 35.4 Å². The lowest BCUT2D eigenvalue weighted by molar-refractivity contribution is 0.0608. The van der Waals surface area contributed by atoms with Crippen molar-refractivity contribution in [1.29, 1.82) is 0 Å². The highest BCUT2D eigenvalue weighted by Gasteiger charge is 2.31. The van der Waals surface area contributed by atoms with Gasteiger partial charge in [0.25, 0.3) is 5.91 Å². The molecule has 1 aliphatic heterocycles. The summed E-state index contributed by atoms with van der Waals surface area (Å²) < 4.78 is 3.18. The number of likely N-dealkylation sites (tertiary alicyclic amines) is 1. The molecule has 3 aromatic heterocycles. The monoisotopic (exact) mass is 508 g/mol. The second-order valence-corrected chi connectivity index (χ2v) is 10.4. The topological polar surface area (TPSA) is 50.5 Å². The summed E-state index contributed by atoms with van der Waals surface area (Å²) in [6.45, 7) is 4.82. The standard InChI is InChI=1S/C25H25BrN4OS/c1-16-21(26)11-12-22-28-19(15-30(16)22)14-20-10-6-7-13-29(20)25(31)23-24(32-17(2)27-23)18-8-4-3-5-9-18/h3-5,8-9,11-12,15,20H,6-7,10,13-14H2,1-2H3. The number of rotatable bonds is 4. The van der Waals surface area contributed by atoms with Gasteiger partial charge in [-0.25, -0.2) is 9.97 Å². The first kappa shape index (κ1) is 21.3. The van der Waals surface area contributed by atoms with Crippen molar-refractivity contribution in [3.05, 3.63) is 75.2 Å². The van der Waals surface area contributed by atoms with Gasteiger partial charge in [0.2, 0.25) is 0 Å². The number of amides is 1. The van der Waals surface area contributed by atoms with Gasteiger partial charge in [-0.3, -0.25) is 4.79 Å². The summed E-state index contributed by atoms with van der Waals surface area (Å²) >= 11 is 5.19. The first-order chi connectivity index (χ1) is 15.5. The fourth-order valence-corrected chi connectivity index (χ4v) is 5.77. The van der Waals surface area contributed by atoms with E-state index in [0.29, 0.717) is 5.69 Å². The summed E-state index contributed by atoms with van der Waals surface area (Å²) in [5.74, 6) is 0.0422. The SMILES string of the molecule is Cc1nc(C(=O)N2CCCCC2Cc2cn3c(C)c(Br)ccc3n2)c(-c2ccccc2)s1. The maximum Gasteiger partial charge on any atom is 0.274 e. The molecule has 1 aromatic carbocycles. The summed E-state index contributed by atoms with van der Waals surface area (Å²) in [6.07, 6.45) is 6.02. The average Bonchev–Trinajstić information content (AvgIpc) is 3.40. The third-order valence-electron chi connectivity index (χ3n) is 6.17. The largest absolute Gasteiger partial charge is 0.334 e. The second-order valence-electron chi connectivity index (χ2n) is 8.36. The molecule has 4 aromatic rings. The Bertz CT molecular complexity index is 1280. The Balaban J connectivity index is 1.44. The summed E-state index contributed by atoms with van der Waals surface area (Å²) in [7, 11) is 0. The van der Waals surface area contributed by atoms with Crippen LogP contribution < -0.4 is 0 Å². The highest BCUT2D eigenvalue weighted by atomic mass is 79.9. The molecule has 0 aliphatic carbocycles. The van der Waals surface area contributed by atoms with Gasteiger partial charge in [-0.2, -0.15) is 0 Å². The molecule has 4 heterocycles. The number of benzene rings is 1. The van der Waals surface area contributed by atoms with E-state index >= 15 is 0 Å². The van der Waals surface area contributed by atoms with E-state index in [1.165, 1.54) is 0 Å². The summed E-state index contributed by atoms with van der Waals surface area (Å²) in [6, 6.07) is 14.3. The van der Waals surface area contributed by atoms with Crippen LogP contribution in [0.4, 0.5) is 0 Å². The molecule has 7 heteroatoms. The quantitative estimate of drug-likeness (QED) is 0.335. The van der Waals surface area contributed by atoms with E-state index in [0.717, 1.165) is 69.2 Å². The zero-order valence-corrected chi connectivity index (χ0v) is 20.6. The lowest BCUT2D eigenvalue weighted by atomic mass is 9.97. The van der Waals surface area contributed by atoms with Crippen molar-refractivity contribution < 1.29 is 4.79 Å². The van der Waals surface area contributed by atoms with Crippen molar-refractivity contribution in [1.82, 2.24) is 19.3 Å². The normalized spacial score (nSPS) is 16.6. The van der Waals surface area contributed by atoms with Crippen LogP contribution in [0.15, 0.2) is 53.1 Å². The lowest BCUT2D eigenvalue weighted by Gasteiger charge is -2.35. The number of carbonyl (C=O) groups is 1. The first-order valence-electron chi connectivity index (χ1n) is 11.0. The van der Waals surface area contributed by atoms with E-state index in [-0.39, 0.29) is 11.9 Å². The van der Waals surface area contributed by atoms with Gasteiger partial charge in [-0.05, 0) is 66.7 Å². The van der Waals surface area contributed by atoms with Crippen molar-refractivity contribution in [3.8, 4) is 10.4 Å². The molecule has 164 valence electrons. The van der Waals surface area contributed by atoms with Crippen LogP contribution in [0, 0.1) is 13.8 Å². The molecular weight excluding hydrogens is 484 g/mol. The number of nitrogens with zero attached hydrogens (tertiary/aromatic N) is 4. The Morgan fingerprint density at radius 1 is 1.12 bits per heavy atom. The van der Waals surface area contributed by atoms with Gasteiger partial charge >= 0.3 is 0 Å². The smallest absolute Gasteiger partial charge is 0.274 e. The van der Waals surface area contributed by atoms with Crippen LogP contribution in [0.3, 0.4) is 0 Å². The van der Waals surface area contributed by atoms with Crippen molar-refractivity contribution in [2.75, 3.05) is 6.54 Å². The number of aryl methyl sites for hydroxylation is 2. The molecule has 0 bridgehead atoms. The minimum absolute atomic E-state index is 0.0422. The number of halogens is 1. The van der Waals surface area contributed by atoms with Gasteiger partial charge in [0.15, 0.2) is 0 Å². The number of aromatic nitrogens is 3. The highest BCUT2D eigenvalue weighted by Crippen LogP contribution is 2.32. The Morgan fingerprint density at radius 2 is 1.94 bits per heavy atom. The maximum absolute atomic E-state index is 13.7. The number of imidazole rings is 1. The Labute approximate surface area is 200 Å². The summed E-state index contributed by atoms with van der Waals surface area (Å²) in [5.41, 5.74) is 4.73. The molecule has 32 heavy (non-hydrogen) atoms. The maximum atomic E-state index is 13.7. The Hall–Kier alpha value is -2.51. The van der Waals surface area contributed by atoms with Crippen LogP contribution in [-0.4, -0.2) is 37.8 Å². The van der Waals surface area contributed by atoms with Crippen LogP contribution in [0.1, 0.15) is 46.1 Å². The van der Waals surface area contributed by atoms with Gasteiger partial charge in [0.05, 0.1) is 15.6 Å². The highest BCUT2D eigenvalue weighted by molar-refractivity contribution is 9.10. The fourth-order valence-electron chi connectivity index (χ4n) is 4.53. The van der Waals surface area contributed by atoms with Gasteiger partial charge in [-0.15, -0.1) is 11.3 Å². The van der Waals surface area contributed by atoms with E-state index in [2.05, 4.69) is 50.6 Å². The van der Waals surface area contributed by atoms with Crippen molar-refractivity contribution in [3.63, 3.8) is 0 Å². The van der Waals surface area contributed by atoms with Crippen LogP contribution in [-0.2, 0) is 6.42 Å². The molecule has 5 rings (SSSR count). The summed E-state index contributed by atoms with van der Waals surface area (Å²) in [4.78, 5) is 26.2. The molecular formula is C25H25BrN4OS. The fraction of sp³-hybridized carbons (Fsp3) is 0.320. The van der Waals surface area contributed by atoms with Crippen molar-refractivity contribution >= 4 is 38.8 Å². The number of carbonyl (C=O) groups excluding carboxylic acids is 1. The molecule has 5 nitrogen and oxygen atoms in total. The van der Waals surface area contributed by atoms with E-state index in [9.17, 15) is 4.79 Å². The van der Waals surface area contributed by atoms with Crippen LogP contribution in [0.2, 0.25) is 0 Å². The molecule has 0 saturated carbocycles. The molecule has 1 saturated heterocycles. The summed E-state index contributed by atoms with van der Waals surface area (Å²) in [5, 5.41) is 0.919. The van der Waals surface area contributed by atoms with Crippen LogP contribution >= 0.6 is 27.3 Å². The lowest BCUT2D eigenvalue weighted by Crippen LogP contribution is -2.45. The molecule has 0 spiro atoms. The predicted octanol–water partition coefficient (Wildman–Crippen LogP) is 6.07. The molecule has 1 unspecified atom stereocenters. The predicted molar refractivity (Wildman–Crippen MR) is 132 cm³/mol. The molecule has 1 fully saturated rings. The van der Waals surface area contributed by atoms with Crippen LogP contribution in [0.25, 0.3) is 16.1 Å². The van der Waals surface area contributed by atoms with Gasteiger partial charge in [0.1, 0.15) is 11.3 Å². The average molecular weight is 509 g/mol. The molecule has 1 amide bonds. The van der Waals surface area contributed by atoms with E-state index in [4.69, 9.17) is 4.98 Å². The molecule has 1 atom stereocenters. The zero-order chi connectivity index (χ0) is 22.2. The van der Waals surface area contributed by atoms with Gasteiger partial charge < -0.3 is 9.30 Å². The van der Waals surface area contributed by atoms with Gasteiger partial charge in [-0.1, -0.05) is 30.3 Å². The minimum atomic E-state index is 0.0422. The Kier molecular flexibility index (Phi) is 5.86. The van der Waals surface area contributed by atoms with Crippen molar-refractivity contribution in [2.24, 2.45) is 0 Å². The number of pyridine rings is 1. The van der Waals surface area contributed by atoms with E-state index in [1.54, 1.807) is 11.3 Å². The molecule has 0 radical (unpaired) electrons. The minimum Gasteiger partial charge on any atom is -0.334 e. The van der Waals surface area contributed by atoms with Crippen LogP contribution in [0.5, 0.6) is 0 Å². The Morgan fingerprint density at radius 3 is 2.75 bits per heavy atom. The first-order valence-corrected chi connectivity index (χ1v) is 12.6. The molecule has 0 N–H and O–H groups in total. The number of hydrogen-bond donors (Lipinski definition) is 0. The number of piperidine rings is 1. The number of thiazole rings is 1.